The van der Waals surface area contributed by atoms with E-state index in [1.165, 1.54) is 34.8 Å². The fraction of sp³-hybridized carbons (Fsp3) is 0.389. The van der Waals surface area contributed by atoms with Gasteiger partial charge in [-0.15, -0.1) is 0 Å². The number of ether oxygens (including phenoxy) is 1. The molecule has 0 saturated carbocycles. The largest absolute Gasteiger partial charge is 0.462 e. The molecule has 0 aliphatic heterocycles. The Balaban J connectivity index is 1.86. The van der Waals surface area contributed by atoms with Crippen LogP contribution in [0.15, 0.2) is 42.5 Å². The third-order valence-electron chi connectivity index (χ3n) is 4.67. The molecule has 0 aromatic heterocycles. The zero-order valence-corrected chi connectivity index (χ0v) is 11.9. The first-order chi connectivity index (χ1) is 9.70. The van der Waals surface area contributed by atoms with E-state index in [0.29, 0.717) is 18.4 Å². The van der Waals surface area contributed by atoms with Crippen molar-refractivity contribution in [1.29, 1.82) is 0 Å². The molecule has 2 atom stereocenters. The lowest BCUT2D eigenvalue weighted by atomic mass is 9.76. The summed E-state index contributed by atoms with van der Waals surface area (Å²) in [6.07, 6.45) is 4.58. The maximum absolute atomic E-state index is 11.3. The molecular formula is C18H20O2. The normalized spacial score (nSPS) is 24.1. The predicted molar refractivity (Wildman–Crippen MR) is 80.1 cm³/mol. The van der Waals surface area contributed by atoms with Crippen LogP contribution in [0.25, 0.3) is 5.57 Å². The van der Waals surface area contributed by atoms with Crippen molar-refractivity contribution < 1.29 is 9.53 Å². The van der Waals surface area contributed by atoms with Gasteiger partial charge >= 0.3 is 5.97 Å². The predicted octanol–water partition coefficient (Wildman–Crippen LogP) is 3.77. The van der Waals surface area contributed by atoms with Gasteiger partial charge in [0, 0.05) is 12.0 Å². The number of rotatable bonds is 3. The first-order valence-electron chi connectivity index (χ1n) is 7.30. The summed E-state index contributed by atoms with van der Waals surface area (Å²) in [6.45, 7) is 6.20. The molecule has 0 N–H and O–H groups in total. The van der Waals surface area contributed by atoms with E-state index in [9.17, 15) is 4.79 Å². The molecule has 0 saturated heterocycles. The number of benzene rings is 1. The van der Waals surface area contributed by atoms with E-state index in [0.717, 1.165) is 12.8 Å². The van der Waals surface area contributed by atoms with E-state index >= 15 is 0 Å². The van der Waals surface area contributed by atoms with Crippen LogP contribution in [0, 0.1) is 11.8 Å². The minimum atomic E-state index is -0.319. The van der Waals surface area contributed by atoms with E-state index in [1.54, 1.807) is 0 Å². The van der Waals surface area contributed by atoms with Gasteiger partial charge in [0.2, 0.25) is 0 Å². The fourth-order valence-electron chi connectivity index (χ4n) is 3.52. The van der Waals surface area contributed by atoms with Crippen molar-refractivity contribution in [3.63, 3.8) is 0 Å². The Labute approximate surface area is 120 Å². The summed E-state index contributed by atoms with van der Waals surface area (Å²) in [7, 11) is 0. The third-order valence-corrected chi connectivity index (χ3v) is 4.67. The quantitative estimate of drug-likeness (QED) is 0.616. The van der Waals surface area contributed by atoms with Gasteiger partial charge in [-0.2, -0.15) is 0 Å². The average Bonchev–Trinajstić information content (AvgIpc) is 2.84. The van der Waals surface area contributed by atoms with Crippen LogP contribution in [0.5, 0.6) is 0 Å². The minimum absolute atomic E-state index is 0.319. The molecule has 0 heterocycles. The highest BCUT2D eigenvalue weighted by molar-refractivity contribution is 5.81. The van der Waals surface area contributed by atoms with Gasteiger partial charge in [0.25, 0.3) is 0 Å². The summed E-state index contributed by atoms with van der Waals surface area (Å²) in [6, 6.07) is 8.65. The molecule has 0 spiro atoms. The SMILES string of the molecule is C=CC(=O)OCC1C2=C(CCC1C)c1ccccc1C2. The Morgan fingerprint density at radius 2 is 2.25 bits per heavy atom. The molecule has 20 heavy (non-hydrogen) atoms. The standard InChI is InChI=1S/C18H20O2/c1-3-18(19)20-11-17-12(2)8-9-15-14-7-5-4-6-13(14)10-16(15)17/h3-7,12,17H,1,8-11H2,2H3. The van der Waals surface area contributed by atoms with Crippen LogP contribution in [0.2, 0.25) is 0 Å². The summed E-state index contributed by atoms with van der Waals surface area (Å²) < 4.78 is 5.32. The second-order valence-corrected chi connectivity index (χ2v) is 5.79. The van der Waals surface area contributed by atoms with E-state index in [1.807, 2.05) is 0 Å². The maximum Gasteiger partial charge on any atom is 0.330 e. The Morgan fingerprint density at radius 1 is 1.45 bits per heavy atom. The van der Waals surface area contributed by atoms with Crippen molar-refractivity contribution >= 4 is 11.5 Å². The molecule has 0 amide bonds. The number of hydrogen-bond donors (Lipinski definition) is 0. The molecule has 2 nitrogen and oxygen atoms in total. The zero-order chi connectivity index (χ0) is 14.1. The molecule has 1 aromatic carbocycles. The number of hydrogen-bond acceptors (Lipinski definition) is 2. The van der Waals surface area contributed by atoms with Crippen LogP contribution in [-0.2, 0) is 16.0 Å². The van der Waals surface area contributed by atoms with E-state index in [2.05, 4.69) is 37.8 Å². The van der Waals surface area contributed by atoms with E-state index in [-0.39, 0.29) is 5.97 Å². The Kier molecular flexibility index (Phi) is 3.47. The highest BCUT2D eigenvalue weighted by Crippen LogP contribution is 2.46. The number of carbonyl (C=O) groups is 1. The molecule has 0 radical (unpaired) electrons. The fourth-order valence-corrected chi connectivity index (χ4v) is 3.52. The number of esters is 1. The second kappa shape index (κ2) is 5.28. The van der Waals surface area contributed by atoms with Gasteiger partial charge in [0.05, 0.1) is 6.61 Å². The van der Waals surface area contributed by atoms with Crippen molar-refractivity contribution in [2.75, 3.05) is 6.61 Å². The van der Waals surface area contributed by atoms with E-state index in [4.69, 9.17) is 4.74 Å². The number of allylic oxidation sites excluding steroid dienone is 1. The zero-order valence-electron chi connectivity index (χ0n) is 11.9. The summed E-state index contributed by atoms with van der Waals surface area (Å²) in [5, 5.41) is 0. The molecule has 104 valence electrons. The number of fused-ring (bicyclic) bond motifs is 2. The van der Waals surface area contributed by atoms with Gasteiger partial charge in [-0.1, -0.05) is 43.3 Å². The highest BCUT2D eigenvalue weighted by atomic mass is 16.5. The summed E-state index contributed by atoms with van der Waals surface area (Å²) in [5.41, 5.74) is 5.82. The number of carbonyl (C=O) groups excluding carboxylic acids is 1. The molecule has 2 aliphatic rings. The van der Waals surface area contributed by atoms with Crippen LogP contribution >= 0.6 is 0 Å². The lowest BCUT2D eigenvalue weighted by Crippen LogP contribution is -2.25. The van der Waals surface area contributed by atoms with Crippen molar-refractivity contribution in [2.24, 2.45) is 11.8 Å². The maximum atomic E-state index is 11.3. The summed E-state index contributed by atoms with van der Waals surface area (Å²) in [5.74, 6) is 0.608. The van der Waals surface area contributed by atoms with Gasteiger partial charge in [-0.3, -0.25) is 0 Å². The Morgan fingerprint density at radius 3 is 3.05 bits per heavy atom. The lowest BCUT2D eigenvalue weighted by Gasteiger charge is -2.30. The van der Waals surface area contributed by atoms with Gasteiger partial charge in [-0.05, 0) is 41.9 Å². The summed E-state index contributed by atoms with van der Waals surface area (Å²) in [4.78, 5) is 11.3. The molecule has 0 fully saturated rings. The first-order valence-corrected chi connectivity index (χ1v) is 7.30. The van der Waals surface area contributed by atoms with Gasteiger partial charge in [0.15, 0.2) is 0 Å². The molecular weight excluding hydrogens is 248 g/mol. The van der Waals surface area contributed by atoms with Crippen molar-refractivity contribution in [3.05, 3.63) is 53.6 Å². The van der Waals surface area contributed by atoms with Gasteiger partial charge in [-0.25, -0.2) is 4.79 Å². The lowest BCUT2D eigenvalue weighted by molar-refractivity contribution is -0.139. The smallest absolute Gasteiger partial charge is 0.330 e. The van der Waals surface area contributed by atoms with Gasteiger partial charge in [0.1, 0.15) is 0 Å². The van der Waals surface area contributed by atoms with Crippen LogP contribution in [0.1, 0.15) is 30.9 Å². The Hall–Kier alpha value is -1.83. The average molecular weight is 268 g/mol. The molecule has 3 rings (SSSR count). The van der Waals surface area contributed by atoms with Gasteiger partial charge < -0.3 is 4.74 Å². The second-order valence-electron chi connectivity index (χ2n) is 5.79. The first kappa shape index (κ1) is 13.2. The summed E-state index contributed by atoms with van der Waals surface area (Å²) >= 11 is 0. The van der Waals surface area contributed by atoms with Crippen molar-refractivity contribution in [1.82, 2.24) is 0 Å². The van der Waals surface area contributed by atoms with E-state index < -0.39 is 0 Å². The van der Waals surface area contributed by atoms with Crippen LogP contribution < -0.4 is 0 Å². The molecule has 1 aromatic rings. The molecule has 0 bridgehead atoms. The molecule has 2 unspecified atom stereocenters. The van der Waals surface area contributed by atoms with Crippen LogP contribution in [0.4, 0.5) is 0 Å². The third kappa shape index (κ3) is 2.20. The monoisotopic (exact) mass is 268 g/mol. The minimum Gasteiger partial charge on any atom is -0.462 e. The highest BCUT2D eigenvalue weighted by Gasteiger charge is 2.34. The Bertz CT molecular complexity index is 583. The molecule has 2 aliphatic carbocycles. The van der Waals surface area contributed by atoms with Crippen molar-refractivity contribution in [2.45, 2.75) is 26.2 Å². The van der Waals surface area contributed by atoms with Crippen molar-refractivity contribution in [3.8, 4) is 0 Å². The topological polar surface area (TPSA) is 26.3 Å². The molecule has 2 heteroatoms. The van der Waals surface area contributed by atoms with Crippen LogP contribution in [0.3, 0.4) is 0 Å². The van der Waals surface area contributed by atoms with Crippen LogP contribution in [-0.4, -0.2) is 12.6 Å².